The molecule has 0 heterocycles. The lowest BCUT2D eigenvalue weighted by molar-refractivity contribution is -0.208. The molecule has 3 fully saturated rings. The van der Waals surface area contributed by atoms with Gasteiger partial charge in [0.15, 0.2) is 24.1 Å². The molecule has 1 N–H and O–H groups in total. The molecule has 0 aliphatic heterocycles. The maximum atomic E-state index is 13.8. The number of rotatable bonds is 6. The summed E-state index contributed by atoms with van der Waals surface area (Å²) in [6.07, 6.45) is 4.76. The number of esters is 2. The van der Waals surface area contributed by atoms with Crippen LogP contribution in [0.3, 0.4) is 0 Å². The van der Waals surface area contributed by atoms with Gasteiger partial charge < -0.3 is 14.6 Å². The lowest BCUT2D eigenvalue weighted by Crippen LogP contribution is -2.63. The van der Waals surface area contributed by atoms with Crippen molar-refractivity contribution in [2.24, 2.45) is 34.0 Å². The molecular formula is C31H37F3O6. The Balaban J connectivity index is 1.55. The summed E-state index contributed by atoms with van der Waals surface area (Å²) < 4.78 is 51.3. The number of benzene rings is 1. The number of ketones is 1. The number of carbonyl (C=O) groups excluding carboxylic acids is 3. The fourth-order valence-corrected chi connectivity index (χ4v) is 7.70. The summed E-state index contributed by atoms with van der Waals surface area (Å²) >= 11 is 0. The van der Waals surface area contributed by atoms with E-state index in [1.165, 1.54) is 0 Å². The van der Waals surface area contributed by atoms with Gasteiger partial charge in [-0.15, -0.1) is 6.58 Å². The number of aliphatic hydroxyl groups excluding tert-OH is 1. The maximum Gasteiger partial charge on any atom is 0.344 e. The van der Waals surface area contributed by atoms with Crippen LogP contribution in [-0.2, 0) is 23.9 Å². The molecule has 1 aromatic rings. The molecule has 3 aliphatic rings. The molecule has 8 atom stereocenters. The van der Waals surface area contributed by atoms with Crippen LogP contribution in [0.4, 0.5) is 13.2 Å². The topological polar surface area (TPSA) is 89.9 Å². The minimum Gasteiger partial charge on any atom is -0.459 e. The monoisotopic (exact) mass is 562 g/mol. The minimum absolute atomic E-state index is 0.0402. The molecule has 9 heteroatoms. The number of hydrogen-bond donors (Lipinski definition) is 1. The zero-order valence-corrected chi connectivity index (χ0v) is 23.3. The Morgan fingerprint density at radius 1 is 1.15 bits per heavy atom. The lowest BCUT2D eigenvalue weighted by atomic mass is 9.44. The highest BCUT2D eigenvalue weighted by Gasteiger charge is 2.68. The highest BCUT2D eigenvalue weighted by Crippen LogP contribution is 2.68. The fraction of sp³-hybridized carbons (Fsp3) is 0.581. The maximum absolute atomic E-state index is 13.8. The molecule has 0 radical (unpaired) electrons. The van der Waals surface area contributed by atoms with E-state index in [0.29, 0.717) is 12.8 Å². The van der Waals surface area contributed by atoms with Crippen LogP contribution in [0.1, 0.15) is 65.4 Å². The Labute approximate surface area is 232 Å². The van der Waals surface area contributed by atoms with Gasteiger partial charge in [-0.2, -0.15) is 0 Å². The lowest BCUT2D eigenvalue weighted by Gasteiger charge is -2.61. The first-order valence-corrected chi connectivity index (χ1v) is 13.7. The summed E-state index contributed by atoms with van der Waals surface area (Å²) in [5, 5.41) is 11.6. The quantitative estimate of drug-likeness (QED) is 0.211. The Kier molecular flexibility index (Phi) is 8.11. The summed E-state index contributed by atoms with van der Waals surface area (Å²) in [5.41, 5.74) is -2.30. The summed E-state index contributed by atoms with van der Waals surface area (Å²) in [6, 6.07) is 1.68. The molecule has 3 saturated carbocycles. The van der Waals surface area contributed by atoms with Crippen molar-refractivity contribution in [3.8, 4) is 0 Å². The van der Waals surface area contributed by atoms with Crippen LogP contribution < -0.4 is 0 Å². The van der Waals surface area contributed by atoms with Gasteiger partial charge in [-0.05, 0) is 61.1 Å². The fourth-order valence-electron chi connectivity index (χ4n) is 7.70. The predicted molar refractivity (Wildman–Crippen MR) is 141 cm³/mol. The van der Waals surface area contributed by atoms with Crippen LogP contribution in [0.5, 0.6) is 0 Å². The molecule has 3 aliphatic carbocycles. The number of carbonyl (C=O) groups is 3. The summed E-state index contributed by atoms with van der Waals surface area (Å²) in [4.78, 5) is 38.6. The molecule has 2 unspecified atom stereocenters. The second-order valence-electron chi connectivity index (χ2n) is 12.3. The second kappa shape index (κ2) is 10.8. The van der Waals surface area contributed by atoms with E-state index < -0.39 is 70.4 Å². The molecular weight excluding hydrogens is 525 g/mol. The van der Waals surface area contributed by atoms with Crippen molar-refractivity contribution in [3.05, 3.63) is 53.9 Å². The van der Waals surface area contributed by atoms with Gasteiger partial charge in [0.2, 0.25) is 0 Å². The minimum atomic E-state index is -1.67. The largest absolute Gasteiger partial charge is 0.459 e. The van der Waals surface area contributed by atoms with Crippen LogP contribution in [0.15, 0.2) is 30.9 Å². The van der Waals surface area contributed by atoms with Crippen molar-refractivity contribution in [2.45, 2.75) is 72.0 Å². The van der Waals surface area contributed by atoms with Gasteiger partial charge in [-0.25, -0.2) is 22.8 Å². The third-order valence-electron chi connectivity index (χ3n) is 10.4. The molecule has 218 valence electrons. The van der Waals surface area contributed by atoms with Crippen molar-refractivity contribution in [1.29, 1.82) is 0 Å². The van der Waals surface area contributed by atoms with Gasteiger partial charge in [0, 0.05) is 34.8 Å². The van der Waals surface area contributed by atoms with Crippen LogP contribution >= 0.6 is 0 Å². The molecule has 1 aromatic carbocycles. The SMILES string of the molecule is C=CC1(C)C[C@@H](OC(=O)COC(=O)/C=C/c2ccc(F)c(F)c2F)[C@@]2(C)[C@@H]3C(=O)CCC3(CC[C@@H]2C)[C@@H](C)[C@@H]1O. The smallest absolute Gasteiger partial charge is 0.344 e. The molecule has 2 bridgehead atoms. The molecule has 40 heavy (non-hydrogen) atoms. The standard InChI is InChI=1S/C31H37F3O6/c1-6-29(4)15-22(30(5)17(2)11-13-31(18(3)28(29)38)14-12-21(35)27(30)31)40-24(37)16-39-23(36)10-8-19-7-9-20(32)26(34)25(19)33/h6-10,17-18,22,27-28,38H,1,11-16H2,2-5H3/b10-8+/t17-,18-,22+,27-,28-,29?,30-,31?/m0/s1. The molecule has 0 spiro atoms. The number of Topliss-reactive ketones (excluding diaryl/α,β-unsaturated/α-hetero) is 1. The van der Waals surface area contributed by atoms with Crippen molar-refractivity contribution >= 4 is 23.8 Å². The van der Waals surface area contributed by atoms with E-state index in [9.17, 15) is 32.7 Å². The first-order valence-electron chi connectivity index (χ1n) is 13.7. The molecule has 0 saturated heterocycles. The highest BCUT2D eigenvalue weighted by atomic mass is 19.2. The van der Waals surface area contributed by atoms with Gasteiger partial charge in [-0.3, -0.25) is 4.79 Å². The van der Waals surface area contributed by atoms with Crippen LogP contribution in [0.2, 0.25) is 0 Å². The van der Waals surface area contributed by atoms with Gasteiger partial charge in [0.25, 0.3) is 0 Å². The molecule has 0 amide bonds. The van der Waals surface area contributed by atoms with Gasteiger partial charge in [0.05, 0.1) is 6.10 Å². The first-order chi connectivity index (χ1) is 18.7. The summed E-state index contributed by atoms with van der Waals surface area (Å²) in [7, 11) is 0. The van der Waals surface area contributed by atoms with Gasteiger partial charge >= 0.3 is 11.9 Å². The number of halogens is 3. The van der Waals surface area contributed by atoms with Gasteiger partial charge in [-0.1, -0.05) is 33.8 Å². The van der Waals surface area contributed by atoms with E-state index in [-0.39, 0.29) is 29.6 Å². The first kappa shape index (κ1) is 30.0. The van der Waals surface area contributed by atoms with Crippen LogP contribution in [0, 0.1) is 51.5 Å². The normalized spacial score (nSPS) is 37.4. The van der Waals surface area contributed by atoms with Crippen LogP contribution in [0.25, 0.3) is 6.08 Å². The van der Waals surface area contributed by atoms with E-state index >= 15 is 0 Å². The predicted octanol–water partition coefficient (Wildman–Crippen LogP) is 5.57. The van der Waals surface area contributed by atoms with Crippen molar-refractivity contribution in [3.63, 3.8) is 0 Å². The molecule has 0 aromatic heterocycles. The zero-order chi connectivity index (χ0) is 29.6. The number of hydrogen-bond acceptors (Lipinski definition) is 6. The van der Waals surface area contributed by atoms with E-state index in [0.717, 1.165) is 37.1 Å². The highest BCUT2D eigenvalue weighted by molar-refractivity contribution is 5.88. The average Bonchev–Trinajstić information content (AvgIpc) is 3.28. The van der Waals surface area contributed by atoms with Crippen molar-refractivity contribution in [2.75, 3.05) is 6.61 Å². The average molecular weight is 563 g/mol. The van der Waals surface area contributed by atoms with Crippen molar-refractivity contribution < 1.29 is 42.1 Å². The van der Waals surface area contributed by atoms with E-state index in [1.54, 1.807) is 6.08 Å². The third-order valence-corrected chi connectivity index (χ3v) is 10.4. The van der Waals surface area contributed by atoms with Crippen LogP contribution in [-0.4, -0.2) is 41.6 Å². The Morgan fingerprint density at radius 2 is 1.85 bits per heavy atom. The Bertz CT molecular complexity index is 1250. The van der Waals surface area contributed by atoms with E-state index in [2.05, 4.69) is 13.5 Å². The van der Waals surface area contributed by atoms with Crippen molar-refractivity contribution in [1.82, 2.24) is 0 Å². The second-order valence-corrected chi connectivity index (χ2v) is 12.3. The zero-order valence-electron chi connectivity index (χ0n) is 23.3. The number of aliphatic hydroxyl groups is 1. The van der Waals surface area contributed by atoms with E-state index in [1.807, 2.05) is 20.8 Å². The van der Waals surface area contributed by atoms with Gasteiger partial charge in [0.1, 0.15) is 11.9 Å². The summed E-state index contributed by atoms with van der Waals surface area (Å²) in [5.74, 6) is -6.73. The number of ether oxygens (including phenoxy) is 2. The third kappa shape index (κ3) is 4.80. The molecule has 4 rings (SSSR count). The molecule has 6 nitrogen and oxygen atoms in total. The summed E-state index contributed by atoms with van der Waals surface area (Å²) in [6.45, 7) is 11.2. The Hall–Kier alpha value is -2.94. The Morgan fingerprint density at radius 3 is 2.52 bits per heavy atom. The van der Waals surface area contributed by atoms with E-state index in [4.69, 9.17) is 9.47 Å².